The van der Waals surface area contributed by atoms with E-state index in [9.17, 15) is 9.50 Å². The van der Waals surface area contributed by atoms with Gasteiger partial charge in [0, 0.05) is 6.54 Å². The third kappa shape index (κ3) is 4.09. The van der Waals surface area contributed by atoms with E-state index in [2.05, 4.69) is 24.1 Å². The second kappa shape index (κ2) is 7.29. The number of aliphatic hydroxyl groups excluding tert-OH is 1. The lowest BCUT2D eigenvalue weighted by atomic mass is 9.99. The summed E-state index contributed by atoms with van der Waals surface area (Å²) in [6.07, 6.45) is 1.24. The second-order valence-electron chi connectivity index (χ2n) is 5.43. The summed E-state index contributed by atoms with van der Waals surface area (Å²) >= 11 is 0. The highest BCUT2D eigenvalue weighted by atomic mass is 19.1. The number of pyridine rings is 1. The zero-order valence-electron chi connectivity index (χ0n) is 12.4. The van der Waals surface area contributed by atoms with Gasteiger partial charge in [-0.05, 0) is 29.2 Å². The monoisotopic (exact) mass is 288 g/mol. The number of rotatable bonds is 6. The van der Waals surface area contributed by atoms with Crippen LogP contribution in [0.4, 0.5) is 4.39 Å². The molecule has 0 bridgehead atoms. The van der Waals surface area contributed by atoms with Crippen molar-refractivity contribution in [1.29, 1.82) is 0 Å². The Bertz CT molecular complexity index is 569. The molecule has 0 fully saturated rings. The van der Waals surface area contributed by atoms with E-state index >= 15 is 0 Å². The van der Waals surface area contributed by atoms with Gasteiger partial charge < -0.3 is 10.4 Å². The Morgan fingerprint density at radius 3 is 2.43 bits per heavy atom. The van der Waals surface area contributed by atoms with Crippen LogP contribution in [0.5, 0.6) is 0 Å². The summed E-state index contributed by atoms with van der Waals surface area (Å²) in [5.41, 5.74) is 2.81. The lowest BCUT2D eigenvalue weighted by Gasteiger charge is -2.22. The lowest BCUT2D eigenvalue weighted by molar-refractivity contribution is 0.279. The van der Waals surface area contributed by atoms with Gasteiger partial charge in [-0.15, -0.1) is 0 Å². The van der Waals surface area contributed by atoms with Crippen molar-refractivity contribution in [3.63, 3.8) is 0 Å². The maximum Gasteiger partial charge on any atom is 0.141 e. The molecule has 1 atom stereocenters. The van der Waals surface area contributed by atoms with Gasteiger partial charge in [0.05, 0.1) is 24.5 Å². The molecule has 0 spiro atoms. The molecule has 112 valence electrons. The molecule has 0 amide bonds. The second-order valence-corrected chi connectivity index (χ2v) is 5.43. The molecule has 1 aromatic heterocycles. The molecule has 2 N–H and O–H groups in total. The molecule has 0 aliphatic carbocycles. The normalized spacial score (nSPS) is 12.6. The van der Waals surface area contributed by atoms with Crippen molar-refractivity contribution in [2.24, 2.45) is 5.92 Å². The van der Waals surface area contributed by atoms with Crippen LogP contribution in [0.25, 0.3) is 0 Å². The van der Waals surface area contributed by atoms with Crippen molar-refractivity contribution in [2.75, 3.05) is 0 Å². The average molecular weight is 288 g/mol. The third-order valence-corrected chi connectivity index (χ3v) is 3.54. The van der Waals surface area contributed by atoms with E-state index in [1.54, 1.807) is 6.07 Å². The van der Waals surface area contributed by atoms with Gasteiger partial charge in [0.2, 0.25) is 0 Å². The molecule has 3 nitrogen and oxygen atoms in total. The van der Waals surface area contributed by atoms with E-state index in [-0.39, 0.29) is 18.5 Å². The molecule has 0 aliphatic rings. The number of benzene rings is 1. The zero-order chi connectivity index (χ0) is 15.2. The summed E-state index contributed by atoms with van der Waals surface area (Å²) in [6.45, 7) is 4.86. The van der Waals surface area contributed by atoms with Crippen LogP contribution in [-0.2, 0) is 13.2 Å². The van der Waals surface area contributed by atoms with Crippen LogP contribution in [0.2, 0.25) is 0 Å². The largest absolute Gasteiger partial charge is 0.392 e. The Morgan fingerprint density at radius 2 is 1.86 bits per heavy atom. The van der Waals surface area contributed by atoms with E-state index in [0.717, 1.165) is 16.8 Å². The number of nitrogens with zero attached hydrogens (tertiary/aromatic N) is 1. The van der Waals surface area contributed by atoms with Crippen LogP contribution in [0.3, 0.4) is 0 Å². The van der Waals surface area contributed by atoms with Gasteiger partial charge in [-0.2, -0.15) is 0 Å². The smallest absolute Gasteiger partial charge is 0.141 e. The van der Waals surface area contributed by atoms with Crippen LogP contribution in [-0.4, -0.2) is 10.1 Å². The topological polar surface area (TPSA) is 45.1 Å². The highest BCUT2D eigenvalue weighted by Gasteiger charge is 2.17. The van der Waals surface area contributed by atoms with Gasteiger partial charge in [0.25, 0.3) is 0 Å². The molecule has 0 radical (unpaired) electrons. The highest BCUT2D eigenvalue weighted by Crippen LogP contribution is 2.21. The van der Waals surface area contributed by atoms with Gasteiger partial charge in [-0.25, -0.2) is 4.39 Å². The van der Waals surface area contributed by atoms with Crippen molar-refractivity contribution in [2.45, 2.75) is 33.0 Å². The van der Waals surface area contributed by atoms with Crippen LogP contribution in [0.1, 0.15) is 36.7 Å². The molecule has 1 unspecified atom stereocenters. The van der Waals surface area contributed by atoms with Crippen LogP contribution < -0.4 is 5.32 Å². The molecular weight excluding hydrogens is 267 g/mol. The van der Waals surface area contributed by atoms with Crippen LogP contribution >= 0.6 is 0 Å². The van der Waals surface area contributed by atoms with E-state index in [1.807, 2.05) is 24.3 Å². The summed E-state index contributed by atoms with van der Waals surface area (Å²) in [4.78, 5) is 4.17. The Hall–Kier alpha value is -1.78. The fraction of sp³-hybridized carbons (Fsp3) is 0.353. The number of nitrogens with one attached hydrogen (secondary N) is 1. The number of halogens is 1. The Labute approximate surface area is 124 Å². The number of hydrogen-bond donors (Lipinski definition) is 2. The molecule has 0 aliphatic heterocycles. The van der Waals surface area contributed by atoms with Gasteiger partial charge in [0.15, 0.2) is 0 Å². The predicted octanol–water partition coefficient (Wildman–Crippen LogP) is 3.20. The first-order valence-electron chi connectivity index (χ1n) is 7.14. The first-order chi connectivity index (χ1) is 10.1. The van der Waals surface area contributed by atoms with E-state index in [4.69, 9.17) is 0 Å². The molecule has 2 rings (SSSR count). The van der Waals surface area contributed by atoms with E-state index < -0.39 is 0 Å². The molecule has 1 heterocycles. The highest BCUT2D eigenvalue weighted by molar-refractivity contribution is 5.26. The zero-order valence-corrected chi connectivity index (χ0v) is 12.4. The Balaban J connectivity index is 2.12. The summed E-state index contributed by atoms with van der Waals surface area (Å²) < 4.78 is 13.0. The van der Waals surface area contributed by atoms with Crippen molar-refractivity contribution in [3.8, 4) is 0 Å². The van der Waals surface area contributed by atoms with Crippen molar-refractivity contribution < 1.29 is 9.50 Å². The van der Waals surface area contributed by atoms with Gasteiger partial charge >= 0.3 is 0 Å². The van der Waals surface area contributed by atoms with Crippen molar-refractivity contribution >= 4 is 0 Å². The van der Waals surface area contributed by atoms with Gasteiger partial charge in [0.1, 0.15) is 5.82 Å². The summed E-state index contributed by atoms with van der Waals surface area (Å²) in [6, 6.07) is 11.0. The molecule has 2 aromatic rings. The number of hydrogen-bond acceptors (Lipinski definition) is 3. The van der Waals surface area contributed by atoms with E-state index in [1.165, 1.54) is 12.3 Å². The van der Waals surface area contributed by atoms with Gasteiger partial charge in [-0.3, -0.25) is 4.98 Å². The van der Waals surface area contributed by atoms with Crippen LogP contribution in [0, 0.1) is 11.7 Å². The number of aromatic nitrogens is 1. The molecule has 4 heteroatoms. The first kappa shape index (κ1) is 15.6. The van der Waals surface area contributed by atoms with Crippen LogP contribution in [0.15, 0.2) is 42.6 Å². The standard InChI is InChI=1S/C17H21FN2O/c1-12(2)17(16-8-7-15(18)10-19-16)20-9-13-5-3-4-6-14(13)11-21/h3-8,10,12,17,20-21H,9,11H2,1-2H3. The Kier molecular flexibility index (Phi) is 5.42. The molecule has 1 aromatic carbocycles. The molecule has 21 heavy (non-hydrogen) atoms. The SMILES string of the molecule is CC(C)C(NCc1ccccc1CO)c1ccc(F)cn1. The fourth-order valence-corrected chi connectivity index (χ4v) is 2.36. The summed E-state index contributed by atoms with van der Waals surface area (Å²) in [7, 11) is 0. The van der Waals surface area contributed by atoms with Gasteiger partial charge in [-0.1, -0.05) is 38.1 Å². The molecule has 0 saturated carbocycles. The van der Waals surface area contributed by atoms with E-state index in [0.29, 0.717) is 12.5 Å². The maximum atomic E-state index is 13.0. The van der Waals surface area contributed by atoms with Crippen molar-refractivity contribution in [3.05, 3.63) is 65.2 Å². The minimum absolute atomic E-state index is 0.0268. The maximum absolute atomic E-state index is 13.0. The fourth-order valence-electron chi connectivity index (χ4n) is 2.36. The molecule has 0 saturated heterocycles. The quantitative estimate of drug-likeness (QED) is 0.858. The first-order valence-corrected chi connectivity index (χ1v) is 7.14. The van der Waals surface area contributed by atoms with Crippen molar-refractivity contribution in [1.82, 2.24) is 10.3 Å². The predicted molar refractivity (Wildman–Crippen MR) is 81.0 cm³/mol. The lowest BCUT2D eigenvalue weighted by Crippen LogP contribution is -2.26. The minimum atomic E-state index is -0.327. The minimum Gasteiger partial charge on any atom is -0.392 e. The average Bonchev–Trinajstić information content (AvgIpc) is 2.49. The summed E-state index contributed by atoms with van der Waals surface area (Å²) in [5.74, 6) is -0.00358. The third-order valence-electron chi connectivity index (χ3n) is 3.54. The molecular formula is C17H21FN2O. The Morgan fingerprint density at radius 1 is 1.14 bits per heavy atom. The number of aliphatic hydroxyl groups is 1. The summed E-state index contributed by atoms with van der Waals surface area (Å²) in [5, 5.41) is 12.8.